The number of rotatable bonds is 4. The van der Waals surface area contributed by atoms with Crippen LogP contribution in [0.4, 0.5) is 0 Å². The second kappa shape index (κ2) is 4.57. The van der Waals surface area contributed by atoms with Crippen LogP contribution in [0.5, 0.6) is 0 Å². The molecule has 5 heteroatoms. The number of carbonyl (C=O) groups excluding carboxylic acids is 1. The zero-order chi connectivity index (χ0) is 13.4. The van der Waals surface area contributed by atoms with Crippen LogP contribution in [0.25, 0.3) is 0 Å². The van der Waals surface area contributed by atoms with E-state index in [9.17, 15) is 14.7 Å². The molecule has 0 saturated heterocycles. The molecule has 0 aromatic carbocycles. The summed E-state index contributed by atoms with van der Waals surface area (Å²) in [7, 11) is 0. The lowest BCUT2D eigenvalue weighted by molar-refractivity contribution is -0.147. The standard InChI is InChI=1S/C14H15NO4/c16-13(15-7-10-2-1-5-19-10)11-8-3-4-9(6-8)12(11)14(17)18/h1-5,8-9,11-12H,6-7H2,(H,15,16)(H,17,18)/t8-,9+,11+,12+/m0/s1. The van der Waals surface area contributed by atoms with Gasteiger partial charge in [-0.15, -0.1) is 0 Å². The van der Waals surface area contributed by atoms with Crippen LogP contribution in [0.15, 0.2) is 35.0 Å². The number of aliphatic carboxylic acids is 1. The maximum atomic E-state index is 12.2. The van der Waals surface area contributed by atoms with Gasteiger partial charge in [0.15, 0.2) is 0 Å². The molecule has 1 saturated carbocycles. The normalized spacial score (nSPS) is 31.6. The molecule has 3 rings (SSSR count). The van der Waals surface area contributed by atoms with Crippen LogP contribution < -0.4 is 5.32 Å². The number of fused-ring (bicyclic) bond motifs is 2. The monoisotopic (exact) mass is 261 g/mol. The fraction of sp³-hybridized carbons (Fsp3) is 0.429. The minimum atomic E-state index is -0.880. The lowest BCUT2D eigenvalue weighted by Crippen LogP contribution is -2.39. The molecule has 0 spiro atoms. The highest BCUT2D eigenvalue weighted by Crippen LogP contribution is 2.48. The van der Waals surface area contributed by atoms with Gasteiger partial charge in [0.05, 0.1) is 24.6 Å². The Kier molecular flexibility index (Phi) is 2.89. The van der Waals surface area contributed by atoms with Crippen molar-refractivity contribution in [3.05, 3.63) is 36.3 Å². The van der Waals surface area contributed by atoms with Crippen molar-refractivity contribution in [2.24, 2.45) is 23.7 Å². The molecule has 100 valence electrons. The Morgan fingerprint density at radius 3 is 2.68 bits per heavy atom. The van der Waals surface area contributed by atoms with Crippen LogP contribution in [0.1, 0.15) is 12.2 Å². The van der Waals surface area contributed by atoms with Gasteiger partial charge in [-0.05, 0) is 30.4 Å². The van der Waals surface area contributed by atoms with Crippen molar-refractivity contribution in [1.29, 1.82) is 0 Å². The summed E-state index contributed by atoms with van der Waals surface area (Å²) in [6, 6.07) is 3.53. The number of hydrogen-bond acceptors (Lipinski definition) is 3. The van der Waals surface area contributed by atoms with Gasteiger partial charge in [0.25, 0.3) is 0 Å². The summed E-state index contributed by atoms with van der Waals surface area (Å²) in [6.45, 7) is 0.301. The second-order valence-electron chi connectivity index (χ2n) is 5.14. The molecule has 5 nitrogen and oxygen atoms in total. The van der Waals surface area contributed by atoms with Crippen LogP contribution in [-0.4, -0.2) is 17.0 Å². The first-order valence-electron chi connectivity index (χ1n) is 6.38. The van der Waals surface area contributed by atoms with Gasteiger partial charge in [-0.2, -0.15) is 0 Å². The number of furan rings is 1. The van der Waals surface area contributed by atoms with Gasteiger partial charge in [0, 0.05) is 0 Å². The molecule has 0 unspecified atom stereocenters. The Hall–Kier alpha value is -2.04. The van der Waals surface area contributed by atoms with E-state index in [0.29, 0.717) is 12.3 Å². The average Bonchev–Trinajstić information content (AvgIpc) is 3.10. The van der Waals surface area contributed by atoms with E-state index in [1.54, 1.807) is 18.4 Å². The number of nitrogens with one attached hydrogen (secondary N) is 1. The maximum absolute atomic E-state index is 12.2. The summed E-state index contributed by atoms with van der Waals surface area (Å²) in [5.41, 5.74) is 0. The van der Waals surface area contributed by atoms with Gasteiger partial charge in [-0.3, -0.25) is 9.59 Å². The topological polar surface area (TPSA) is 79.5 Å². The summed E-state index contributed by atoms with van der Waals surface area (Å²) >= 11 is 0. The maximum Gasteiger partial charge on any atom is 0.307 e. The molecule has 1 amide bonds. The zero-order valence-electron chi connectivity index (χ0n) is 10.3. The van der Waals surface area contributed by atoms with Gasteiger partial charge in [0.1, 0.15) is 5.76 Å². The summed E-state index contributed by atoms with van der Waals surface area (Å²) in [4.78, 5) is 23.5. The van der Waals surface area contributed by atoms with Gasteiger partial charge in [-0.25, -0.2) is 0 Å². The molecule has 1 heterocycles. The van der Waals surface area contributed by atoms with Crippen molar-refractivity contribution in [1.82, 2.24) is 5.32 Å². The average molecular weight is 261 g/mol. The smallest absolute Gasteiger partial charge is 0.307 e. The van der Waals surface area contributed by atoms with Crippen molar-refractivity contribution >= 4 is 11.9 Å². The molecular formula is C14H15NO4. The predicted molar refractivity (Wildman–Crippen MR) is 65.9 cm³/mol. The second-order valence-corrected chi connectivity index (χ2v) is 5.14. The number of allylic oxidation sites excluding steroid dienone is 2. The summed E-state index contributed by atoms with van der Waals surface area (Å²) < 4.78 is 5.14. The summed E-state index contributed by atoms with van der Waals surface area (Å²) in [6.07, 6.45) is 6.22. The Morgan fingerprint density at radius 1 is 1.32 bits per heavy atom. The fourth-order valence-corrected chi connectivity index (χ4v) is 3.22. The minimum absolute atomic E-state index is 0.00172. The van der Waals surface area contributed by atoms with E-state index in [-0.39, 0.29) is 17.7 Å². The van der Waals surface area contributed by atoms with E-state index in [4.69, 9.17) is 4.42 Å². The van der Waals surface area contributed by atoms with Gasteiger partial charge >= 0.3 is 5.97 Å². The van der Waals surface area contributed by atoms with Crippen molar-refractivity contribution in [2.45, 2.75) is 13.0 Å². The highest BCUT2D eigenvalue weighted by molar-refractivity contribution is 5.86. The first kappa shape index (κ1) is 12.0. The number of hydrogen-bond donors (Lipinski definition) is 2. The third-order valence-electron chi connectivity index (χ3n) is 4.06. The molecule has 0 aliphatic heterocycles. The predicted octanol–water partition coefficient (Wildman–Crippen LogP) is 1.42. The number of carbonyl (C=O) groups is 2. The lowest BCUT2D eigenvalue weighted by Gasteiger charge is -2.23. The molecular weight excluding hydrogens is 246 g/mol. The molecule has 2 N–H and O–H groups in total. The number of carboxylic acids is 1. The highest BCUT2D eigenvalue weighted by atomic mass is 16.4. The quantitative estimate of drug-likeness (QED) is 0.803. The van der Waals surface area contributed by atoms with Crippen molar-refractivity contribution < 1.29 is 19.1 Å². The van der Waals surface area contributed by atoms with E-state index in [1.165, 1.54) is 0 Å². The number of carboxylic acid groups (broad SMARTS) is 1. The molecule has 1 aromatic heterocycles. The van der Waals surface area contributed by atoms with E-state index in [0.717, 1.165) is 6.42 Å². The molecule has 1 fully saturated rings. The minimum Gasteiger partial charge on any atom is -0.481 e. The van der Waals surface area contributed by atoms with Crippen LogP contribution in [-0.2, 0) is 16.1 Å². The van der Waals surface area contributed by atoms with E-state index >= 15 is 0 Å². The van der Waals surface area contributed by atoms with Crippen molar-refractivity contribution in [3.8, 4) is 0 Å². The third kappa shape index (κ3) is 2.05. The Balaban J connectivity index is 1.68. The van der Waals surface area contributed by atoms with E-state index in [2.05, 4.69) is 5.32 Å². The van der Waals surface area contributed by atoms with E-state index < -0.39 is 17.8 Å². The van der Waals surface area contributed by atoms with Crippen molar-refractivity contribution in [2.75, 3.05) is 0 Å². The van der Waals surface area contributed by atoms with Gasteiger partial charge in [-0.1, -0.05) is 12.2 Å². The molecule has 2 aliphatic rings. The van der Waals surface area contributed by atoms with Crippen LogP contribution >= 0.6 is 0 Å². The lowest BCUT2D eigenvalue weighted by atomic mass is 9.82. The Morgan fingerprint density at radius 2 is 2.05 bits per heavy atom. The van der Waals surface area contributed by atoms with Crippen LogP contribution in [0.2, 0.25) is 0 Å². The molecule has 1 aromatic rings. The van der Waals surface area contributed by atoms with Gasteiger partial charge < -0.3 is 14.8 Å². The Labute approximate surface area is 110 Å². The Bertz CT molecular complexity index is 520. The molecule has 2 bridgehead atoms. The van der Waals surface area contributed by atoms with Crippen LogP contribution in [0, 0.1) is 23.7 Å². The molecule has 2 aliphatic carbocycles. The fourth-order valence-electron chi connectivity index (χ4n) is 3.22. The van der Waals surface area contributed by atoms with Crippen molar-refractivity contribution in [3.63, 3.8) is 0 Å². The zero-order valence-corrected chi connectivity index (χ0v) is 10.3. The third-order valence-corrected chi connectivity index (χ3v) is 4.06. The largest absolute Gasteiger partial charge is 0.481 e. The first-order chi connectivity index (χ1) is 9.16. The molecule has 0 radical (unpaired) electrons. The van der Waals surface area contributed by atoms with E-state index in [1.807, 2.05) is 12.2 Å². The summed E-state index contributed by atoms with van der Waals surface area (Å²) in [5, 5.41) is 12.0. The first-order valence-corrected chi connectivity index (χ1v) is 6.38. The highest BCUT2D eigenvalue weighted by Gasteiger charge is 2.51. The molecule has 19 heavy (non-hydrogen) atoms. The van der Waals surface area contributed by atoms with Crippen LogP contribution in [0.3, 0.4) is 0 Å². The molecule has 4 atom stereocenters. The van der Waals surface area contributed by atoms with Gasteiger partial charge in [0.2, 0.25) is 5.91 Å². The SMILES string of the molecule is O=C(O)[C@H]1[C@H](C(=O)NCc2ccco2)[C@H]2C=C[C@@H]1C2. The summed E-state index contributed by atoms with van der Waals surface area (Å²) in [5.74, 6) is -1.40. The number of amides is 1.